The highest BCUT2D eigenvalue weighted by Crippen LogP contribution is 2.32. The molecule has 0 saturated carbocycles. The number of hydrogen-bond acceptors (Lipinski definition) is 1. The lowest BCUT2D eigenvalue weighted by atomic mass is 10.1. The van der Waals surface area contributed by atoms with E-state index in [1.54, 1.807) is 0 Å². The monoisotopic (exact) mass is 286 g/mol. The average Bonchev–Trinajstić information content (AvgIpc) is 2.69. The Morgan fingerprint density at radius 2 is 1.65 bits per heavy atom. The molecule has 84 valence electrons. The predicted octanol–water partition coefficient (Wildman–Crippen LogP) is 4.18. The van der Waals surface area contributed by atoms with Crippen LogP contribution in [0, 0.1) is 0 Å². The number of fused-ring (bicyclic) bond motifs is 1. The van der Waals surface area contributed by atoms with Crippen LogP contribution in [0.3, 0.4) is 0 Å². The highest BCUT2D eigenvalue weighted by Gasteiger charge is 2.09. The lowest BCUT2D eigenvalue weighted by Gasteiger charge is -2.00. The Balaban J connectivity index is 2.24. The van der Waals surface area contributed by atoms with Crippen molar-refractivity contribution in [3.8, 4) is 11.3 Å². The summed E-state index contributed by atoms with van der Waals surface area (Å²) in [6.45, 7) is 0. The van der Waals surface area contributed by atoms with Crippen LogP contribution in [0.15, 0.2) is 53.0 Å². The Hall–Kier alpha value is -1.74. The number of anilines is 1. The molecule has 1 aromatic heterocycles. The average molecular weight is 287 g/mol. The van der Waals surface area contributed by atoms with Crippen LogP contribution < -0.4 is 5.73 Å². The number of benzene rings is 2. The van der Waals surface area contributed by atoms with Crippen LogP contribution >= 0.6 is 15.9 Å². The van der Waals surface area contributed by atoms with Crippen LogP contribution in [0.1, 0.15) is 0 Å². The van der Waals surface area contributed by atoms with Crippen LogP contribution in [0.4, 0.5) is 5.69 Å². The largest absolute Gasteiger partial charge is 0.396 e. The minimum atomic E-state index is 0.808. The quantitative estimate of drug-likeness (QED) is 0.692. The van der Waals surface area contributed by atoms with E-state index in [0.29, 0.717) is 0 Å². The molecule has 0 aliphatic rings. The van der Waals surface area contributed by atoms with E-state index in [0.717, 1.165) is 32.3 Å². The van der Waals surface area contributed by atoms with Crippen molar-refractivity contribution >= 4 is 32.5 Å². The van der Waals surface area contributed by atoms with Crippen molar-refractivity contribution in [2.75, 3.05) is 5.73 Å². The van der Waals surface area contributed by atoms with Crippen LogP contribution in [-0.2, 0) is 0 Å². The van der Waals surface area contributed by atoms with Crippen molar-refractivity contribution in [3.63, 3.8) is 0 Å². The third kappa shape index (κ3) is 1.72. The van der Waals surface area contributed by atoms with Crippen LogP contribution in [0.2, 0.25) is 0 Å². The lowest BCUT2D eigenvalue weighted by Crippen LogP contribution is -1.86. The Kier molecular flexibility index (Phi) is 2.41. The molecule has 3 heteroatoms. The molecule has 0 amide bonds. The molecule has 3 N–H and O–H groups in total. The van der Waals surface area contributed by atoms with E-state index in [4.69, 9.17) is 5.73 Å². The summed E-state index contributed by atoms with van der Waals surface area (Å²) in [5, 5.41) is 1.07. The molecule has 0 bridgehead atoms. The van der Waals surface area contributed by atoms with Gasteiger partial charge in [-0.25, -0.2) is 0 Å². The predicted molar refractivity (Wildman–Crippen MR) is 75.8 cm³/mol. The van der Waals surface area contributed by atoms with Gasteiger partial charge in [0.2, 0.25) is 0 Å². The van der Waals surface area contributed by atoms with Crippen molar-refractivity contribution in [1.29, 1.82) is 0 Å². The molecule has 0 radical (unpaired) electrons. The van der Waals surface area contributed by atoms with Crippen molar-refractivity contribution < 1.29 is 0 Å². The third-order valence-electron chi connectivity index (χ3n) is 2.88. The molecule has 0 fully saturated rings. The van der Waals surface area contributed by atoms with Crippen molar-refractivity contribution in [1.82, 2.24) is 4.98 Å². The molecule has 1 heterocycles. The molecule has 17 heavy (non-hydrogen) atoms. The number of hydrogen-bond donors (Lipinski definition) is 2. The molecular formula is C14H11BrN2. The van der Waals surface area contributed by atoms with Crippen molar-refractivity contribution in [3.05, 3.63) is 53.0 Å². The smallest absolute Gasteiger partial charge is 0.0698 e. The van der Waals surface area contributed by atoms with Crippen LogP contribution in [-0.4, -0.2) is 4.98 Å². The Bertz CT molecular complexity index is 668. The molecule has 0 atom stereocenters. The van der Waals surface area contributed by atoms with Crippen molar-refractivity contribution in [2.45, 2.75) is 0 Å². The molecule has 0 aliphatic heterocycles. The van der Waals surface area contributed by atoms with Crippen LogP contribution in [0.5, 0.6) is 0 Å². The number of para-hydroxylation sites is 1. The summed E-state index contributed by atoms with van der Waals surface area (Å²) in [5.74, 6) is 0. The van der Waals surface area contributed by atoms with E-state index in [2.05, 4.69) is 20.9 Å². The van der Waals surface area contributed by atoms with Gasteiger partial charge in [-0.05, 0) is 18.2 Å². The van der Waals surface area contributed by atoms with Gasteiger partial charge in [0.15, 0.2) is 0 Å². The van der Waals surface area contributed by atoms with Gasteiger partial charge in [-0.3, -0.25) is 0 Å². The van der Waals surface area contributed by atoms with E-state index in [1.807, 2.05) is 48.5 Å². The fourth-order valence-electron chi connectivity index (χ4n) is 2.01. The van der Waals surface area contributed by atoms with Gasteiger partial charge in [0.05, 0.1) is 11.4 Å². The summed E-state index contributed by atoms with van der Waals surface area (Å²) in [7, 11) is 0. The second-order valence-electron chi connectivity index (χ2n) is 3.97. The minimum absolute atomic E-state index is 0.808. The molecule has 3 rings (SSSR count). The topological polar surface area (TPSA) is 41.8 Å². The van der Waals surface area contributed by atoms with E-state index in [1.165, 1.54) is 0 Å². The van der Waals surface area contributed by atoms with E-state index in [9.17, 15) is 0 Å². The second-order valence-corrected chi connectivity index (χ2v) is 4.88. The molecule has 0 unspecified atom stereocenters. The van der Waals surface area contributed by atoms with Gasteiger partial charge >= 0.3 is 0 Å². The van der Waals surface area contributed by atoms with Gasteiger partial charge in [0.1, 0.15) is 0 Å². The highest BCUT2D eigenvalue weighted by molar-refractivity contribution is 9.10. The Labute approximate surface area is 108 Å². The Morgan fingerprint density at radius 1 is 0.941 bits per heavy atom. The van der Waals surface area contributed by atoms with Gasteiger partial charge < -0.3 is 10.7 Å². The molecular weight excluding hydrogens is 276 g/mol. The normalized spacial score (nSPS) is 10.9. The van der Waals surface area contributed by atoms with E-state index >= 15 is 0 Å². The third-order valence-corrected chi connectivity index (χ3v) is 3.41. The zero-order valence-corrected chi connectivity index (χ0v) is 10.7. The van der Waals surface area contributed by atoms with Crippen LogP contribution in [0.25, 0.3) is 22.2 Å². The van der Waals surface area contributed by atoms with Crippen molar-refractivity contribution in [2.24, 2.45) is 0 Å². The summed E-state index contributed by atoms with van der Waals surface area (Å²) >= 11 is 3.43. The maximum absolute atomic E-state index is 6.17. The first-order chi connectivity index (χ1) is 8.25. The molecule has 3 aromatic rings. The van der Waals surface area contributed by atoms with Gasteiger partial charge in [-0.15, -0.1) is 0 Å². The summed E-state index contributed by atoms with van der Waals surface area (Å²) in [4.78, 5) is 3.36. The zero-order chi connectivity index (χ0) is 11.8. The summed E-state index contributed by atoms with van der Waals surface area (Å²) in [5.41, 5.74) is 10.1. The maximum atomic E-state index is 6.17. The maximum Gasteiger partial charge on any atom is 0.0698 e. The fraction of sp³-hybridized carbons (Fsp3) is 0. The number of nitrogen functional groups attached to an aromatic ring is 1. The van der Waals surface area contributed by atoms with Gasteiger partial charge in [0, 0.05) is 20.9 Å². The number of aromatic amines is 1. The number of rotatable bonds is 1. The Morgan fingerprint density at radius 3 is 2.35 bits per heavy atom. The SMILES string of the molecule is Nc1c(-c2ccc(Br)cc2)[nH]c2ccccc12. The number of aromatic nitrogens is 1. The number of H-pyrrole nitrogens is 1. The first kappa shape index (κ1) is 10.4. The molecule has 0 saturated heterocycles. The first-order valence-corrected chi connectivity index (χ1v) is 6.17. The summed E-state index contributed by atoms with van der Waals surface area (Å²) in [6, 6.07) is 16.2. The fourth-order valence-corrected chi connectivity index (χ4v) is 2.27. The molecule has 0 spiro atoms. The molecule has 0 aliphatic carbocycles. The van der Waals surface area contributed by atoms with Gasteiger partial charge in [-0.2, -0.15) is 0 Å². The van der Waals surface area contributed by atoms with Gasteiger partial charge in [0.25, 0.3) is 0 Å². The number of nitrogens with one attached hydrogen (secondary N) is 1. The lowest BCUT2D eigenvalue weighted by molar-refractivity contribution is 1.45. The minimum Gasteiger partial charge on any atom is -0.396 e. The van der Waals surface area contributed by atoms with E-state index in [-0.39, 0.29) is 0 Å². The summed E-state index contributed by atoms with van der Waals surface area (Å²) in [6.07, 6.45) is 0. The number of nitrogens with two attached hydrogens (primary N) is 1. The standard InChI is InChI=1S/C14H11BrN2/c15-10-7-5-9(6-8-10)14-13(16)11-3-1-2-4-12(11)17-14/h1-8,17H,16H2. The zero-order valence-electron chi connectivity index (χ0n) is 9.07. The molecule has 2 aromatic carbocycles. The number of halogens is 1. The first-order valence-electron chi connectivity index (χ1n) is 5.38. The molecule has 2 nitrogen and oxygen atoms in total. The highest BCUT2D eigenvalue weighted by atomic mass is 79.9. The van der Waals surface area contributed by atoms with E-state index < -0.39 is 0 Å². The van der Waals surface area contributed by atoms with Gasteiger partial charge in [-0.1, -0.05) is 46.3 Å². The second kappa shape index (κ2) is 3.93. The summed E-state index contributed by atoms with van der Waals surface area (Å²) < 4.78 is 1.07.